The molecule has 0 unspecified atom stereocenters. The van der Waals surface area contributed by atoms with E-state index in [0.717, 1.165) is 18.9 Å². The second-order valence-electron chi connectivity index (χ2n) is 4.63. The summed E-state index contributed by atoms with van der Waals surface area (Å²) in [5.41, 5.74) is 1.21. The predicted octanol–water partition coefficient (Wildman–Crippen LogP) is 1.46. The highest BCUT2D eigenvalue weighted by molar-refractivity contribution is 5.13. The molecule has 5 heteroatoms. The molecule has 0 bridgehead atoms. The number of benzene rings is 1. The smallest absolute Gasteiger partial charge is 0.146 e. The molecule has 0 saturated heterocycles. The average molecular weight is 260 g/mol. The number of hydrogen-bond acceptors (Lipinski definition) is 4. The second-order valence-corrected chi connectivity index (χ2v) is 4.63. The van der Waals surface area contributed by atoms with E-state index in [0.29, 0.717) is 13.2 Å². The van der Waals surface area contributed by atoms with Gasteiger partial charge in [-0.1, -0.05) is 30.3 Å². The molecule has 2 aromatic rings. The number of aromatic nitrogens is 3. The molecular weight excluding hydrogens is 240 g/mol. The van der Waals surface area contributed by atoms with Crippen molar-refractivity contribution >= 4 is 0 Å². The third-order valence-corrected chi connectivity index (χ3v) is 2.95. The first-order chi connectivity index (χ1) is 9.25. The third-order valence-electron chi connectivity index (χ3n) is 2.95. The second kappa shape index (κ2) is 7.01. The van der Waals surface area contributed by atoms with Gasteiger partial charge < -0.3 is 9.30 Å². The SMILES string of the molecule is CN(CCOCc1ccccc1)Cc1nncn1C. The van der Waals surface area contributed by atoms with Gasteiger partial charge in [0.25, 0.3) is 0 Å². The Labute approximate surface area is 113 Å². The molecule has 0 N–H and O–H groups in total. The first-order valence-corrected chi connectivity index (χ1v) is 6.39. The van der Waals surface area contributed by atoms with Crippen LogP contribution in [0.4, 0.5) is 0 Å². The fraction of sp³-hybridized carbons (Fsp3) is 0.429. The molecule has 2 rings (SSSR count). The molecule has 19 heavy (non-hydrogen) atoms. The Kier molecular flexibility index (Phi) is 5.06. The van der Waals surface area contributed by atoms with Crippen molar-refractivity contribution < 1.29 is 4.74 Å². The standard InChI is InChI=1S/C14H20N4O/c1-17(10-14-16-15-12-18(14)2)8-9-19-11-13-6-4-3-5-7-13/h3-7,12H,8-11H2,1-2H3. The van der Waals surface area contributed by atoms with Gasteiger partial charge in [-0.25, -0.2) is 0 Å². The van der Waals surface area contributed by atoms with E-state index in [4.69, 9.17) is 4.74 Å². The van der Waals surface area contributed by atoms with Gasteiger partial charge >= 0.3 is 0 Å². The zero-order valence-electron chi connectivity index (χ0n) is 11.5. The fourth-order valence-electron chi connectivity index (χ4n) is 1.76. The summed E-state index contributed by atoms with van der Waals surface area (Å²) in [7, 11) is 4.01. The Morgan fingerprint density at radius 2 is 2.05 bits per heavy atom. The van der Waals surface area contributed by atoms with Crippen molar-refractivity contribution in [1.82, 2.24) is 19.7 Å². The average Bonchev–Trinajstić information content (AvgIpc) is 2.82. The van der Waals surface area contributed by atoms with Crippen LogP contribution in [0.1, 0.15) is 11.4 Å². The summed E-state index contributed by atoms with van der Waals surface area (Å²) >= 11 is 0. The number of likely N-dealkylation sites (N-methyl/N-ethyl adjacent to an activating group) is 1. The van der Waals surface area contributed by atoms with Gasteiger partial charge in [0.05, 0.1) is 19.8 Å². The summed E-state index contributed by atoms with van der Waals surface area (Å²) in [5.74, 6) is 0.963. The summed E-state index contributed by atoms with van der Waals surface area (Å²) in [4.78, 5) is 2.18. The van der Waals surface area contributed by atoms with E-state index in [-0.39, 0.29) is 0 Å². The van der Waals surface area contributed by atoms with Crippen LogP contribution in [0.3, 0.4) is 0 Å². The maximum atomic E-state index is 5.66. The van der Waals surface area contributed by atoms with Crippen LogP contribution >= 0.6 is 0 Å². The van der Waals surface area contributed by atoms with Gasteiger partial charge in [-0.15, -0.1) is 10.2 Å². The topological polar surface area (TPSA) is 43.2 Å². The highest BCUT2D eigenvalue weighted by Gasteiger charge is 2.05. The largest absolute Gasteiger partial charge is 0.375 e. The third kappa shape index (κ3) is 4.46. The Morgan fingerprint density at radius 3 is 2.74 bits per heavy atom. The van der Waals surface area contributed by atoms with Gasteiger partial charge in [0.2, 0.25) is 0 Å². The molecule has 5 nitrogen and oxygen atoms in total. The number of rotatable bonds is 7. The van der Waals surface area contributed by atoms with Crippen LogP contribution in [0.25, 0.3) is 0 Å². The van der Waals surface area contributed by atoms with Crippen molar-refractivity contribution in [2.75, 3.05) is 20.2 Å². The monoisotopic (exact) mass is 260 g/mol. The number of aryl methyl sites for hydroxylation is 1. The van der Waals surface area contributed by atoms with Crippen molar-refractivity contribution in [3.8, 4) is 0 Å². The maximum Gasteiger partial charge on any atom is 0.146 e. The van der Waals surface area contributed by atoms with E-state index in [1.165, 1.54) is 5.56 Å². The Bertz CT molecular complexity index is 483. The van der Waals surface area contributed by atoms with Crippen LogP contribution in [0.5, 0.6) is 0 Å². The van der Waals surface area contributed by atoms with E-state index in [9.17, 15) is 0 Å². The summed E-state index contributed by atoms with van der Waals surface area (Å²) in [6, 6.07) is 10.2. The molecule has 0 amide bonds. The van der Waals surface area contributed by atoms with Crippen molar-refractivity contribution in [2.24, 2.45) is 7.05 Å². The van der Waals surface area contributed by atoms with E-state index in [1.54, 1.807) is 6.33 Å². The quantitative estimate of drug-likeness (QED) is 0.707. The minimum absolute atomic E-state index is 0.665. The molecular formula is C14H20N4O. The molecule has 0 saturated carbocycles. The molecule has 1 heterocycles. The van der Waals surface area contributed by atoms with Gasteiger partial charge in [-0.2, -0.15) is 0 Å². The lowest BCUT2D eigenvalue weighted by Crippen LogP contribution is -2.24. The maximum absolute atomic E-state index is 5.66. The summed E-state index contributed by atoms with van der Waals surface area (Å²) in [6.07, 6.45) is 1.72. The normalized spacial score (nSPS) is 11.1. The minimum atomic E-state index is 0.665. The molecule has 0 radical (unpaired) electrons. The fourth-order valence-corrected chi connectivity index (χ4v) is 1.76. The van der Waals surface area contributed by atoms with Crippen molar-refractivity contribution in [2.45, 2.75) is 13.2 Å². The van der Waals surface area contributed by atoms with Gasteiger partial charge in [0, 0.05) is 13.6 Å². The molecule has 0 aliphatic rings. The van der Waals surface area contributed by atoms with Crippen molar-refractivity contribution in [3.05, 3.63) is 48.0 Å². The predicted molar refractivity (Wildman–Crippen MR) is 73.4 cm³/mol. The molecule has 0 aliphatic carbocycles. The van der Waals surface area contributed by atoms with Gasteiger partial charge in [-0.05, 0) is 12.6 Å². The highest BCUT2D eigenvalue weighted by atomic mass is 16.5. The van der Waals surface area contributed by atoms with Crippen LogP contribution < -0.4 is 0 Å². The van der Waals surface area contributed by atoms with Crippen LogP contribution in [0.2, 0.25) is 0 Å². The van der Waals surface area contributed by atoms with Crippen LogP contribution in [0, 0.1) is 0 Å². The minimum Gasteiger partial charge on any atom is -0.375 e. The van der Waals surface area contributed by atoms with Crippen molar-refractivity contribution in [1.29, 1.82) is 0 Å². The number of nitrogens with zero attached hydrogens (tertiary/aromatic N) is 4. The van der Waals surface area contributed by atoms with Crippen LogP contribution in [-0.2, 0) is 24.9 Å². The van der Waals surface area contributed by atoms with E-state index < -0.39 is 0 Å². The van der Waals surface area contributed by atoms with E-state index >= 15 is 0 Å². The molecule has 0 aliphatic heterocycles. The Balaban J connectivity index is 1.64. The molecule has 0 fully saturated rings. The van der Waals surface area contributed by atoms with Crippen LogP contribution in [0.15, 0.2) is 36.7 Å². The van der Waals surface area contributed by atoms with Gasteiger partial charge in [0.1, 0.15) is 12.2 Å². The molecule has 1 aromatic carbocycles. The summed E-state index contributed by atoms with van der Waals surface area (Å²) < 4.78 is 7.59. The highest BCUT2D eigenvalue weighted by Crippen LogP contribution is 2.01. The number of ether oxygens (including phenoxy) is 1. The van der Waals surface area contributed by atoms with E-state index in [2.05, 4.69) is 34.3 Å². The zero-order valence-corrected chi connectivity index (χ0v) is 11.5. The number of hydrogen-bond donors (Lipinski definition) is 0. The lowest BCUT2D eigenvalue weighted by molar-refractivity contribution is 0.0971. The first kappa shape index (κ1) is 13.7. The van der Waals surface area contributed by atoms with Crippen LogP contribution in [-0.4, -0.2) is 39.9 Å². The molecule has 1 aromatic heterocycles. The van der Waals surface area contributed by atoms with E-state index in [1.807, 2.05) is 29.8 Å². The lowest BCUT2D eigenvalue weighted by atomic mass is 10.2. The molecule has 0 spiro atoms. The Morgan fingerprint density at radius 1 is 1.26 bits per heavy atom. The van der Waals surface area contributed by atoms with Gasteiger partial charge in [-0.3, -0.25) is 4.90 Å². The van der Waals surface area contributed by atoms with Gasteiger partial charge in [0.15, 0.2) is 0 Å². The Hall–Kier alpha value is -1.72. The summed E-state index contributed by atoms with van der Waals surface area (Å²) in [6.45, 7) is 3.03. The zero-order chi connectivity index (χ0) is 13.5. The first-order valence-electron chi connectivity index (χ1n) is 6.39. The lowest BCUT2D eigenvalue weighted by Gasteiger charge is -2.15. The molecule has 0 atom stereocenters. The molecule has 102 valence electrons. The summed E-state index contributed by atoms with van der Waals surface area (Å²) in [5, 5.41) is 7.93. The van der Waals surface area contributed by atoms with Crippen molar-refractivity contribution in [3.63, 3.8) is 0 Å².